The highest BCUT2D eigenvalue weighted by atomic mass is 32.2. The average Bonchev–Trinajstić information content (AvgIpc) is 2.34. The number of benzene rings is 1. The van der Waals surface area contributed by atoms with Crippen LogP contribution in [0.15, 0.2) is 29.2 Å². The summed E-state index contributed by atoms with van der Waals surface area (Å²) in [7, 11) is 0. The third kappa shape index (κ3) is 5.30. The van der Waals surface area contributed by atoms with Crippen molar-refractivity contribution in [3.8, 4) is 0 Å². The Labute approximate surface area is 124 Å². The normalized spacial score (nSPS) is 13.0. The van der Waals surface area contributed by atoms with Crippen molar-refractivity contribution in [2.45, 2.75) is 30.2 Å². The van der Waals surface area contributed by atoms with E-state index in [1.54, 1.807) is 13.8 Å². The number of amides is 3. The van der Waals surface area contributed by atoms with E-state index in [1.165, 1.54) is 12.1 Å². The Morgan fingerprint density at radius 2 is 1.90 bits per heavy atom. The van der Waals surface area contributed by atoms with Gasteiger partial charge in [0.15, 0.2) is 0 Å². The van der Waals surface area contributed by atoms with Crippen molar-refractivity contribution in [3.05, 3.63) is 29.8 Å². The Balaban J connectivity index is 2.95. The molecule has 0 spiro atoms. The van der Waals surface area contributed by atoms with Crippen molar-refractivity contribution in [1.82, 2.24) is 5.32 Å². The van der Waals surface area contributed by atoms with Gasteiger partial charge in [0.25, 0.3) is 0 Å². The van der Waals surface area contributed by atoms with Crippen LogP contribution in [-0.4, -0.2) is 17.2 Å². The summed E-state index contributed by atoms with van der Waals surface area (Å²) < 4.78 is 37.9. The van der Waals surface area contributed by atoms with Crippen LogP contribution in [-0.2, 0) is 11.0 Å². The molecule has 0 aliphatic heterocycles. The van der Waals surface area contributed by atoms with Gasteiger partial charge in [-0.2, -0.15) is 13.2 Å². The lowest BCUT2D eigenvalue weighted by Crippen LogP contribution is -2.42. The maximum Gasteiger partial charge on any atom is 0.416 e. The van der Waals surface area contributed by atoms with E-state index < -0.39 is 28.9 Å². The molecule has 1 atom stereocenters. The molecule has 0 saturated heterocycles. The first kappa shape index (κ1) is 17.4. The third-order valence-electron chi connectivity index (χ3n) is 2.53. The molecule has 1 aromatic rings. The fourth-order valence-electron chi connectivity index (χ4n) is 1.58. The van der Waals surface area contributed by atoms with Crippen molar-refractivity contribution < 1.29 is 22.8 Å². The highest BCUT2D eigenvalue weighted by Gasteiger charge is 2.31. The van der Waals surface area contributed by atoms with E-state index >= 15 is 0 Å². The smallest absolute Gasteiger partial charge is 0.351 e. The summed E-state index contributed by atoms with van der Waals surface area (Å²) in [6, 6.07) is 3.69. The van der Waals surface area contributed by atoms with Gasteiger partial charge < -0.3 is 5.73 Å². The Kier molecular flexibility index (Phi) is 5.65. The Morgan fingerprint density at radius 1 is 1.29 bits per heavy atom. The van der Waals surface area contributed by atoms with Crippen LogP contribution >= 0.6 is 11.8 Å². The van der Waals surface area contributed by atoms with E-state index in [-0.39, 0.29) is 5.92 Å². The first-order chi connectivity index (χ1) is 9.61. The van der Waals surface area contributed by atoms with Gasteiger partial charge in [-0.15, -0.1) is 11.8 Å². The summed E-state index contributed by atoms with van der Waals surface area (Å²) in [5.74, 6) is -0.816. The predicted molar refractivity (Wildman–Crippen MR) is 73.7 cm³/mol. The lowest BCUT2D eigenvalue weighted by atomic mass is 10.1. The molecular formula is C13H15F3N2O2S. The summed E-state index contributed by atoms with van der Waals surface area (Å²) in [5, 5.41) is 1.22. The van der Waals surface area contributed by atoms with Gasteiger partial charge in [-0.05, 0) is 24.1 Å². The number of nitrogens with two attached hydrogens (primary N) is 1. The number of primary amides is 1. The molecule has 8 heteroatoms. The predicted octanol–water partition coefficient (Wildman–Crippen LogP) is 3.02. The maximum absolute atomic E-state index is 12.6. The van der Waals surface area contributed by atoms with Crippen molar-refractivity contribution in [2.75, 3.05) is 0 Å². The molecule has 0 saturated carbocycles. The molecule has 4 nitrogen and oxygen atoms in total. The molecule has 0 aliphatic rings. The van der Waals surface area contributed by atoms with Gasteiger partial charge in [0.2, 0.25) is 5.91 Å². The zero-order chi connectivity index (χ0) is 16.2. The highest BCUT2D eigenvalue weighted by Crippen LogP contribution is 2.34. The Hall–Kier alpha value is -1.70. The molecule has 1 aromatic carbocycles. The summed E-state index contributed by atoms with van der Waals surface area (Å²) in [4.78, 5) is 22.8. The number of imide groups is 1. The number of urea groups is 1. The van der Waals surface area contributed by atoms with Crippen molar-refractivity contribution in [2.24, 2.45) is 11.7 Å². The lowest BCUT2D eigenvalue weighted by molar-refractivity contribution is -0.137. The molecule has 1 rings (SSSR count). The minimum Gasteiger partial charge on any atom is -0.351 e. The number of alkyl halides is 3. The molecule has 0 aliphatic carbocycles. The van der Waals surface area contributed by atoms with Gasteiger partial charge in [-0.3, -0.25) is 10.1 Å². The first-order valence-electron chi connectivity index (χ1n) is 6.05. The van der Waals surface area contributed by atoms with Crippen LogP contribution in [0.3, 0.4) is 0 Å². The second-order valence-electron chi connectivity index (χ2n) is 4.66. The van der Waals surface area contributed by atoms with E-state index in [9.17, 15) is 22.8 Å². The van der Waals surface area contributed by atoms with Crippen molar-refractivity contribution in [1.29, 1.82) is 0 Å². The molecule has 116 valence electrons. The van der Waals surface area contributed by atoms with E-state index in [0.717, 1.165) is 23.9 Å². The minimum atomic E-state index is -4.45. The molecule has 0 aromatic heterocycles. The molecule has 21 heavy (non-hydrogen) atoms. The lowest BCUT2D eigenvalue weighted by Gasteiger charge is -2.19. The first-order valence-corrected chi connectivity index (χ1v) is 6.93. The fourth-order valence-corrected chi connectivity index (χ4v) is 2.66. The zero-order valence-corrected chi connectivity index (χ0v) is 12.2. The number of halogens is 3. The Bertz CT molecular complexity index is 532. The second-order valence-corrected chi connectivity index (χ2v) is 5.88. The summed E-state index contributed by atoms with van der Waals surface area (Å²) in [6.45, 7) is 3.46. The van der Waals surface area contributed by atoms with Gasteiger partial charge >= 0.3 is 12.2 Å². The van der Waals surface area contributed by atoms with E-state index in [1.807, 2.05) is 5.32 Å². The van der Waals surface area contributed by atoms with Gasteiger partial charge in [-0.1, -0.05) is 19.9 Å². The maximum atomic E-state index is 12.6. The molecule has 0 bridgehead atoms. The molecule has 3 amide bonds. The number of carbonyl (C=O) groups is 2. The van der Waals surface area contributed by atoms with Crippen LogP contribution in [0.5, 0.6) is 0 Å². The van der Waals surface area contributed by atoms with Gasteiger partial charge in [0, 0.05) is 4.90 Å². The van der Waals surface area contributed by atoms with E-state index in [0.29, 0.717) is 4.90 Å². The summed E-state index contributed by atoms with van der Waals surface area (Å²) in [6.07, 6.45) is -4.45. The van der Waals surface area contributed by atoms with Crippen LogP contribution in [0.4, 0.5) is 18.0 Å². The summed E-state index contributed by atoms with van der Waals surface area (Å²) >= 11 is 0.957. The monoisotopic (exact) mass is 320 g/mol. The molecule has 3 N–H and O–H groups in total. The largest absolute Gasteiger partial charge is 0.416 e. The number of carbonyl (C=O) groups excluding carboxylic acids is 2. The van der Waals surface area contributed by atoms with Crippen molar-refractivity contribution in [3.63, 3.8) is 0 Å². The van der Waals surface area contributed by atoms with Crippen LogP contribution in [0.2, 0.25) is 0 Å². The number of nitrogens with one attached hydrogen (secondary N) is 1. The zero-order valence-electron chi connectivity index (χ0n) is 11.4. The number of rotatable bonds is 4. The van der Waals surface area contributed by atoms with Gasteiger partial charge in [0.05, 0.1) is 10.8 Å². The van der Waals surface area contributed by atoms with Gasteiger partial charge in [-0.25, -0.2) is 4.79 Å². The number of hydrogen-bond acceptors (Lipinski definition) is 3. The van der Waals surface area contributed by atoms with Crippen molar-refractivity contribution >= 4 is 23.7 Å². The van der Waals surface area contributed by atoms with Crippen LogP contribution in [0.25, 0.3) is 0 Å². The fraction of sp³-hybridized carbons (Fsp3) is 0.385. The quantitative estimate of drug-likeness (QED) is 0.838. The molecule has 0 fully saturated rings. The number of hydrogen-bond donors (Lipinski definition) is 2. The molecular weight excluding hydrogens is 305 g/mol. The topological polar surface area (TPSA) is 72.2 Å². The van der Waals surface area contributed by atoms with Crippen LogP contribution in [0, 0.1) is 5.92 Å². The summed E-state index contributed by atoms with van der Waals surface area (Å²) in [5.41, 5.74) is 4.09. The standard InChI is InChI=1S/C13H15F3N2O2S/c1-7(2)10(11(19)18-12(17)20)21-9-5-3-4-8(6-9)13(14,15)16/h3-7,10H,1-2H3,(H3,17,18,19,20)/t10-/m0/s1. The van der Waals surface area contributed by atoms with Crippen LogP contribution < -0.4 is 11.1 Å². The van der Waals surface area contributed by atoms with Crippen LogP contribution in [0.1, 0.15) is 19.4 Å². The second kappa shape index (κ2) is 6.84. The SMILES string of the molecule is CC(C)[C@H](Sc1cccc(C(F)(F)F)c1)C(=O)NC(N)=O. The average molecular weight is 320 g/mol. The Morgan fingerprint density at radius 3 is 2.38 bits per heavy atom. The molecule has 0 heterocycles. The molecule has 0 unspecified atom stereocenters. The van der Waals surface area contributed by atoms with E-state index in [2.05, 4.69) is 0 Å². The van der Waals surface area contributed by atoms with E-state index in [4.69, 9.17) is 5.73 Å². The molecule has 0 radical (unpaired) electrons. The third-order valence-corrected chi connectivity index (χ3v) is 4.07. The van der Waals surface area contributed by atoms with Gasteiger partial charge in [0.1, 0.15) is 0 Å². The number of thioether (sulfide) groups is 1. The highest BCUT2D eigenvalue weighted by molar-refractivity contribution is 8.00. The minimum absolute atomic E-state index is 0.191.